The number of benzene rings is 1. The molecule has 0 aliphatic carbocycles. The van der Waals surface area contributed by atoms with E-state index in [4.69, 9.17) is 23.2 Å². The fourth-order valence-electron chi connectivity index (χ4n) is 2.47. The Kier molecular flexibility index (Phi) is 7.15. The second-order valence-corrected chi connectivity index (χ2v) is 6.13. The Hall–Kier alpha value is -1.29. The van der Waals surface area contributed by atoms with Crippen LogP contribution >= 0.6 is 23.2 Å². The summed E-state index contributed by atoms with van der Waals surface area (Å²) >= 11 is 12.5. The molecule has 124 valence electrons. The van der Waals surface area contributed by atoms with Crippen molar-refractivity contribution in [1.82, 2.24) is 9.88 Å². The molecule has 1 heterocycles. The van der Waals surface area contributed by atoms with Crippen LogP contribution in [0.3, 0.4) is 0 Å². The predicted octanol–water partition coefficient (Wildman–Crippen LogP) is 5.20. The van der Waals surface area contributed by atoms with Gasteiger partial charge in [-0.15, -0.1) is 0 Å². The van der Waals surface area contributed by atoms with Crippen molar-refractivity contribution in [3.05, 3.63) is 46.4 Å². The monoisotopic (exact) mass is 351 g/mol. The summed E-state index contributed by atoms with van der Waals surface area (Å²) < 4.78 is 0. The van der Waals surface area contributed by atoms with Crippen molar-refractivity contribution in [3.63, 3.8) is 0 Å². The maximum Gasteiger partial charge on any atom is 0.126 e. The number of rotatable bonds is 8. The van der Waals surface area contributed by atoms with Crippen LogP contribution in [0.4, 0.5) is 5.82 Å². The number of anilines is 1. The second kappa shape index (κ2) is 9.11. The molecule has 23 heavy (non-hydrogen) atoms. The minimum atomic E-state index is 0.615. The van der Waals surface area contributed by atoms with E-state index in [1.165, 1.54) is 0 Å². The quantitative estimate of drug-likeness (QED) is 0.662. The van der Waals surface area contributed by atoms with Crippen molar-refractivity contribution >= 4 is 29.0 Å². The minimum Gasteiger partial charge on any atom is -0.370 e. The summed E-state index contributed by atoms with van der Waals surface area (Å²) in [6.45, 7) is 8.55. The first-order valence-electron chi connectivity index (χ1n) is 8.03. The van der Waals surface area contributed by atoms with Crippen molar-refractivity contribution in [2.24, 2.45) is 0 Å². The SMILES string of the molecule is CCN(CC)CCCNc1cccc(-c2c(Cl)cccc2Cl)n1. The van der Waals surface area contributed by atoms with E-state index in [-0.39, 0.29) is 0 Å². The van der Waals surface area contributed by atoms with Gasteiger partial charge < -0.3 is 10.2 Å². The zero-order valence-electron chi connectivity index (χ0n) is 13.6. The number of nitrogens with one attached hydrogen (secondary N) is 1. The van der Waals surface area contributed by atoms with Gasteiger partial charge in [0.1, 0.15) is 5.82 Å². The number of aromatic nitrogens is 1. The van der Waals surface area contributed by atoms with Gasteiger partial charge in [-0.1, -0.05) is 49.2 Å². The average molecular weight is 352 g/mol. The molecule has 0 atom stereocenters. The van der Waals surface area contributed by atoms with Crippen molar-refractivity contribution in [2.75, 3.05) is 31.5 Å². The van der Waals surface area contributed by atoms with Crippen LogP contribution in [0.25, 0.3) is 11.3 Å². The molecular weight excluding hydrogens is 329 g/mol. The zero-order chi connectivity index (χ0) is 16.7. The average Bonchev–Trinajstić information content (AvgIpc) is 2.55. The molecular formula is C18H23Cl2N3. The van der Waals surface area contributed by atoms with E-state index in [0.29, 0.717) is 10.0 Å². The van der Waals surface area contributed by atoms with Crippen LogP contribution in [0.1, 0.15) is 20.3 Å². The third-order valence-corrected chi connectivity index (χ3v) is 4.45. The Morgan fingerprint density at radius 3 is 2.30 bits per heavy atom. The summed E-state index contributed by atoms with van der Waals surface area (Å²) in [6.07, 6.45) is 1.08. The maximum atomic E-state index is 6.26. The van der Waals surface area contributed by atoms with Crippen LogP contribution in [0.2, 0.25) is 10.0 Å². The van der Waals surface area contributed by atoms with E-state index in [0.717, 1.165) is 49.7 Å². The molecule has 0 fully saturated rings. The van der Waals surface area contributed by atoms with E-state index < -0.39 is 0 Å². The molecule has 1 aromatic heterocycles. The molecule has 2 rings (SSSR count). The number of pyridine rings is 1. The first-order valence-corrected chi connectivity index (χ1v) is 8.79. The molecule has 1 N–H and O–H groups in total. The minimum absolute atomic E-state index is 0.615. The van der Waals surface area contributed by atoms with Gasteiger partial charge in [0.05, 0.1) is 15.7 Å². The second-order valence-electron chi connectivity index (χ2n) is 5.31. The highest BCUT2D eigenvalue weighted by Crippen LogP contribution is 2.33. The summed E-state index contributed by atoms with van der Waals surface area (Å²) in [6, 6.07) is 11.3. The Morgan fingerprint density at radius 1 is 1.00 bits per heavy atom. The number of nitrogens with zero attached hydrogens (tertiary/aromatic N) is 2. The summed E-state index contributed by atoms with van der Waals surface area (Å²) in [5.41, 5.74) is 1.57. The summed E-state index contributed by atoms with van der Waals surface area (Å²) in [5, 5.41) is 4.60. The predicted molar refractivity (Wildman–Crippen MR) is 101 cm³/mol. The number of hydrogen-bond acceptors (Lipinski definition) is 3. The largest absolute Gasteiger partial charge is 0.370 e. The summed E-state index contributed by atoms with van der Waals surface area (Å²) in [7, 11) is 0. The van der Waals surface area contributed by atoms with Crippen LogP contribution < -0.4 is 5.32 Å². The fourth-order valence-corrected chi connectivity index (χ4v) is 3.06. The van der Waals surface area contributed by atoms with Crippen LogP contribution in [-0.4, -0.2) is 36.1 Å². The van der Waals surface area contributed by atoms with Crippen LogP contribution in [0.15, 0.2) is 36.4 Å². The van der Waals surface area contributed by atoms with Gasteiger partial charge in [-0.25, -0.2) is 4.98 Å². The Labute approximate surface area is 148 Å². The molecule has 0 spiro atoms. The molecule has 0 aliphatic rings. The highest BCUT2D eigenvalue weighted by atomic mass is 35.5. The van der Waals surface area contributed by atoms with E-state index in [2.05, 4.69) is 29.0 Å². The van der Waals surface area contributed by atoms with Crippen molar-refractivity contribution in [1.29, 1.82) is 0 Å². The summed E-state index contributed by atoms with van der Waals surface area (Å²) in [5.74, 6) is 0.845. The van der Waals surface area contributed by atoms with Gasteiger partial charge in [-0.2, -0.15) is 0 Å². The van der Waals surface area contributed by atoms with Gasteiger partial charge in [0.2, 0.25) is 0 Å². The van der Waals surface area contributed by atoms with Gasteiger partial charge in [-0.3, -0.25) is 0 Å². The van der Waals surface area contributed by atoms with Crippen molar-refractivity contribution in [3.8, 4) is 11.3 Å². The lowest BCUT2D eigenvalue weighted by Gasteiger charge is -2.17. The lowest BCUT2D eigenvalue weighted by molar-refractivity contribution is 0.303. The molecule has 5 heteroatoms. The third-order valence-electron chi connectivity index (χ3n) is 3.82. The molecule has 2 aromatic rings. The topological polar surface area (TPSA) is 28.2 Å². The Balaban J connectivity index is 2.00. The third kappa shape index (κ3) is 5.10. The molecule has 0 saturated heterocycles. The lowest BCUT2D eigenvalue weighted by atomic mass is 10.1. The molecule has 0 saturated carbocycles. The van der Waals surface area contributed by atoms with Gasteiger partial charge in [-0.05, 0) is 50.3 Å². The van der Waals surface area contributed by atoms with Crippen LogP contribution in [-0.2, 0) is 0 Å². The molecule has 0 unspecified atom stereocenters. The highest BCUT2D eigenvalue weighted by molar-refractivity contribution is 6.39. The van der Waals surface area contributed by atoms with Gasteiger partial charge in [0.25, 0.3) is 0 Å². The van der Waals surface area contributed by atoms with E-state index in [1.807, 2.05) is 36.4 Å². The first kappa shape index (κ1) is 18.1. The molecule has 0 amide bonds. The maximum absolute atomic E-state index is 6.26. The van der Waals surface area contributed by atoms with Gasteiger partial charge >= 0.3 is 0 Å². The summed E-state index contributed by atoms with van der Waals surface area (Å²) in [4.78, 5) is 7.04. The normalized spacial score (nSPS) is 11.0. The molecule has 0 radical (unpaired) electrons. The standard InChI is InChI=1S/C18H23Cl2N3/c1-3-23(4-2)13-7-12-21-17-11-6-10-16(22-17)18-14(19)8-5-9-15(18)20/h5-6,8-11H,3-4,7,12-13H2,1-2H3,(H,21,22). The molecule has 0 bridgehead atoms. The Bertz CT molecular complexity index is 607. The highest BCUT2D eigenvalue weighted by Gasteiger charge is 2.10. The van der Waals surface area contributed by atoms with E-state index in [1.54, 1.807) is 0 Å². The molecule has 3 nitrogen and oxygen atoms in total. The first-order chi connectivity index (χ1) is 11.2. The lowest BCUT2D eigenvalue weighted by Crippen LogP contribution is -2.25. The molecule has 1 aromatic carbocycles. The smallest absolute Gasteiger partial charge is 0.126 e. The van der Waals surface area contributed by atoms with Crippen LogP contribution in [0, 0.1) is 0 Å². The van der Waals surface area contributed by atoms with Crippen molar-refractivity contribution in [2.45, 2.75) is 20.3 Å². The number of hydrogen-bond donors (Lipinski definition) is 1. The van der Waals surface area contributed by atoms with E-state index in [9.17, 15) is 0 Å². The Morgan fingerprint density at radius 2 is 1.65 bits per heavy atom. The fraction of sp³-hybridized carbons (Fsp3) is 0.389. The van der Waals surface area contributed by atoms with E-state index >= 15 is 0 Å². The van der Waals surface area contributed by atoms with Crippen molar-refractivity contribution < 1.29 is 0 Å². The number of halogens is 2. The van der Waals surface area contributed by atoms with Gasteiger partial charge in [0.15, 0.2) is 0 Å². The molecule has 0 aliphatic heterocycles. The van der Waals surface area contributed by atoms with Crippen LogP contribution in [0.5, 0.6) is 0 Å². The zero-order valence-corrected chi connectivity index (χ0v) is 15.2. The van der Waals surface area contributed by atoms with Gasteiger partial charge in [0, 0.05) is 12.1 Å².